The van der Waals surface area contributed by atoms with Gasteiger partial charge in [0, 0.05) is 12.5 Å². The summed E-state index contributed by atoms with van der Waals surface area (Å²) in [7, 11) is 0. The van der Waals surface area contributed by atoms with Crippen molar-refractivity contribution in [2.24, 2.45) is 16.8 Å². The average molecular weight is 239 g/mol. The van der Waals surface area contributed by atoms with E-state index in [0.29, 0.717) is 25.9 Å². The highest BCUT2D eigenvalue weighted by Crippen LogP contribution is 2.22. The maximum Gasteiger partial charge on any atom is 0.390 e. The first-order valence-electron chi connectivity index (χ1n) is 5.19. The van der Waals surface area contributed by atoms with Gasteiger partial charge in [0.05, 0.1) is 6.42 Å². The zero-order chi connectivity index (χ0) is 12.2. The Morgan fingerprint density at radius 1 is 1.38 bits per heavy atom. The summed E-state index contributed by atoms with van der Waals surface area (Å²) in [5.41, 5.74) is 5.44. The molecule has 0 bridgehead atoms. The van der Waals surface area contributed by atoms with Gasteiger partial charge in [-0.25, -0.2) is 0 Å². The Morgan fingerprint density at radius 3 is 2.38 bits per heavy atom. The highest BCUT2D eigenvalue weighted by atomic mass is 19.4. The van der Waals surface area contributed by atoms with Crippen LogP contribution in [0, 0.1) is 5.92 Å². The van der Waals surface area contributed by atoms with E-state index >= 15 is 0 Å². The van der Waals surface area contributed by atoms with E-state index in [1.165, 1.54) is 0 Å². The SMILES string of the molecule is NC(=NO)C1CCN(CCC(F)(F)F)CC1. The molecule has 0 saturated carbocycles. The topological polar surface area (TPSA) is 61.9 Å². The summed E-state index contributed by atoms with van der Waals surface area (Å²) in [4.78, 5) is 1.76. The molecule has 0 aromatic rings. The molecule has 16 heavy (non-hydrogen) atoms. The molecule has 1 heterocycles. The van der Waals surface area contributed by atoms with E-state index < -0.39 is 12.6 Å². The third kappa shape index (κ3) is 4.26. The van der Waals surface area contributed by atoms with E-state index in [1.807, 2.05) is 0 Å². The van der Waals surface area contributed by atoms with Gasteiger partial charge in [-0.1, -0.05) is 5.16 Å². The van der Waals surface area contributed by atoms with Crippen LogP contribution < -0.4 is 5.73 Å². The van der Waals surface area contributed by atoms with E-state index in [1.54, 1.807) is 4.90 Å². The van der Waals surface area contributed by atoms with Gasteiger partial charge in [-0.2, -0.15) is 13.2 Å². The summed E-state index contributed by atoms with van der Waals surface area (Å²) in [6.07, 6.45) is -3.58. The standard InChI is InChI=1S/C9H16F3N3O/c10-9(11,12)3-6-15-4-1-7(2-5-15)8(13)14-16/h7,16H,1-6H2,(H2,13,14). The number of oxime groups is 1. The number of amidine groups is 1. The Labute approximate surface area is 91.9 Å². The number of hydrogen-bond acceptors (Lipinski definition) is 3. The lowest BCUT2D eigenvalue weighted by Gasteiger charge is -2.31. The smallest absolute Gasteiger partial charge is 0.390 e. The molecule has 4 nitrogen and oxygen atoms in total. The Balaban J connectivity index is 2.27. The first-order chi connectivity index (χ1) is 7.42. The monoisotopic (exact) mass is 239 g/mol. The second-order valence-electron chi connectivity index (χ2n) is 4.01. The zero-order valence-electron chi connectivity index (χ0n) is 8.87. The van der Waals surface area contributed by atoms with E-state index in [0.717, 1.165) is 0 Å². The first-order valence-corrected chi connectivity index (χ1v) is 5.19. The van der Waals surface area contributed by atoms with Crippen LogP contribution >= 0.6 is 0 Å². The first kappa shape index (κ1) is 13.1. The number of nitrogens with zero attached hydrogens (tertiary/aromatic N) is 2. The molecule has 1 rings (SSSR count). The molecule has 0 amide bonds. The van der Waals surface area contributed by atoms with Crippen molar-refractivity contribution in [3.8, 4) is 0 Å². The number of alkyl halides is 3. The summed E-state index contributed by atoms with van der Waals surface area (Å²) >= 11 is 0. The summed E-state index contributed by atoms with van der Waals surface area (Å²) in [6, 6.07) is 0. The molecule has 0 aromatic carbocycles. The molecule has 1 saturated heterocycles. The van der Waals surface area contributed by atoms with Gasteiger partial charge in [0.15, 0.2) is 0 Å². The second-order valence-corrected chi connectivity index (χ2v) is 4.01. The molecular formula is C9H16F3N3O. The fourth-order valence-electron chi connectivity index (χ4n) is 1.82. The van der Waals surface area contributed by atoms with Crippen molar-refractivity contribution in [2.75, 3.05) is 19.6 Å². The summed E-state index contributed by atoms with van der Waals surface area (Å²) in [6.45, 7) is 1.17. The van der Waals surface area contributed by atoms with Crippen LogP contribution in [0.5, 0.6) is 0 Å². The van der Waals surface area contributed by atoms with Crippen LogP contribution in [0.1, 0.15) is 19.3 Å². The molecule has 1 fully saturated rings. The van der Waals surface area contributed by atoms with Gasteiger partial charge in [0.1, 0.15) is 5.84 Å². The lowest BCUT2D eigenvalue weighted by Crippen LogP contribution is -2.39. The number of halogens is 3. The molecule has 0 radical (unpaired) electrons. The Morgan fingerprint density at radius 2 is 1.94 bits per heavy atom. The van der Waals surface area contributed by atoms with Gasteiger partial charge in [0.25, 0.3) is 0 Å². The predicted octanol–water partition coefficient (Wildman–Crippen LogP) is 1.40. The quantitative estimate of drug-likeness (QED) is 0.338. The molecule has 0 aliphatic carbocycles. The molecule has 1 aliphatic rings. The van der Waals surface area contributed by atoms with Crippen molar-refractivity contribution in [3.63, 3.8) is 0 Å². The lowest BCUT2D eigenvalue weighted by molar-refractivity contribution is -0.138. The Bertz CT molecular complexity index is 247. The maximum absolute atomic E-state index is 12.0. The van der Waals surface area contributed by atoms with Crippen LogP contribution in [0.15, 0.2) is 5.16 Å². The van der Waals surface area contributed by atoms with E-state index in [9.17, 15) is 13.2 Å². The fourth-order valence-corrected chi connectivity index (χ4v) is 1.82. The van der Waals surface area contributed by atoms with Crippen molar-refractivity contribution in [3.05, 3.63) is 0 Å². The fraction of sp³-hybridized carbons (Fsp3) is 0.889. The number of rotatable bonds is 3. The highest BCUT2D eigenvalue weighted by molar-refractivity contribution is 5.82. The van der Waals surface area contributed by atoms with E-state index in [2.05, 4.69) is 5.16 Å². The molecule has 7 heteroatoms. The molecule has 3 N–H and O–H groups in total. The van der Waals surface area contributed by atoms with Crippen LogP contribution in [0.3, 0.4) is 0 Å². The normalized spacial score (nSPS) is 21.3. The summed E-state index contributed by atoms with van der Waals surface area (Å²) in [5, 5.41) is 11.4. The van der Waals surface area contributed by atoms with E-state index in [4.69, 9.17) is 10.9 Å². The average Bonchev–Trinajstić information content (AvgIpc) is 2.25. The van der Waals surface area contributed by atoms with Crippen LogP contribution in [-0.4, -0.2) is 41.8 Å². The predicted molar refractivity (Wildman–Crippen MR) is 53.2 cm³/mol. The molecule has 0 aromatic heterocycles. The van der Waals surface area contributed by atoms with Crippen molar-refractivity contribution in [1.29, 1.82) is 0 Å². The van der Waals surface area contributed by atoms with Gasteiger partial charge in [-0.15, -0.1) is 0 Å². The number of piperidine rings is 1. The van der Waals surface area contributed by atoms with Crippen molar-refractivity contribution in [2.45, 2.75) is 25.4 Å². The number of hydrogen-bond donors (Lipinski definition) is 2. The van der Waals surface area contributed by atoms with Gasteiger partial charge >= 0.3 is 6.18 Å². The van der Waals surface area contributed by atoms with Crippen molar-refractivity contribution >= 4 is 5.84 Å². The van der Waals surface area contributed by atoms with Crippen LogP contribution in [-0.2, 0) is 0 Å². The van der Waals surface area contributed by atoms with Crippen LogP contribution in [0.4, 0.5) is 13.2 Å². The molecule has 0 atom stereocenters. The van der Waals surface area contributed by atoms with E-state index in [-0.39, 0.29) is 18.3 Å². The Kier molecular flexibility index (Phi) is 4.40. The molecule has 1 aliphatic heterocycles. The van der Waals surface area contributed by atoms with Crippen LogP contribution in [0.2, 0.25) is 0 Å². The van der Waals surface area contributed by atoms with Gasteiger partial charge in [0.2, 0.25) is 0 Å². The third-order valence-corrected chi connectivity index (χ3v) is 2.83. The number of nitrogens with two attached hydrogens (primary N) is 1. The third-order valence-electron chi connectivity index (χ3n) is 2.83. The minimum atomic E-state index is -4.09. The van der Waals surface area contributed by atoms with Gasteiger partial charge in [-0.05, 0) is 25.9 Å². The summed E-state index contributed by atoms with van der Waals surface area (Å²) in [5.74, 6) is 0.169. The minimum absolute atomic E-state index is 0.00728. The van der Waals surface area contributed by atoms with Gasteiger partial charge in [-0.3, -0.25) is 0 Å². The largest absolute Gasteiger partial charge is 0.409 e. The molecule has 0 spiro atoms. The molecule has 94 valence electrons. The molecule has 0 unspecified atom stereocenters. The van der Waals surface area contributed by atoms with Gasteiger partial charge < -0.3 is 15.8 Å². The maximum atomic E-state index is 12.0. The van der Waals surface area contributed by atoms with Crippen LogP contribution in [0.25, 0.3) is 0 Å². The Hall–Kier alpha value is -0.980. The molecular weight excluding hydrogens is 223 g/mol. The highest BCUT2D eigenvalue weighted by Gasteiger charge is 2.29. The summed E-state index contributed by atoms with van der Waals surface area (Å²) < 4.78 is 35.9. The second kappa shape index (κ2) is 5.38. The number of likely N-dealkylation sites (tertiary alicyclic amines) is 1. The lowest BCUT2D eigenvalue weighted by atomic mass is 9.96. The van der Waals surface area contributed by atoms with Crippen molar-refractivity contribution < 1.29 is 18.4 Å². The van der Waals surface area contributed by atoms with Crippen molar-refractivity contribution in [1.82, 2.24) is 4.90 Å². The minimum Gasteiger partial charge on any atom is -0.409 e. The zero-order valence-corrected chi connectivity index (χ0v) is 8.87.